The van der Waals surface area contributed by atoms with Gasteiger partial charge in [0.2, 0.25) is 0 Å². The Morgan fingerprint density at radius 2 is 0.875 bits per heavy atom. The molecule has 0 aromatic rings. The Morgan fingerprint density at radius 1 is 0.688 bits per heavy atom. The summed E-state index contributed by atoms with van der Waals surface area (Å²) >= 11 is 0. The van der Waals surface area contributed by atoms with Crippen molar-refractivity contribution in [3.05, 3.63) is 21.8 Å². The Hall–Kier alpha value is 1.12. The van der Waals surface area contributed by atoms with Crippen LogP contribution in [0.15, 0.2) is 0 Å². The molecule has 0 aliphatic rings. The van der Waals surface area contributed by atoms with Crippen LogP contribution in [0.5, 0.6) is 0 Å². The zero-order valence-electron chi connectivity index (χ0n) is 13.0. The fraction of sp³-hybridized carbons (Fsp3) is 0.786. The summed E-state index contributed by atoms with van der Waals surface area (Å²) in [6.45, 7) is 23.1. The maximum atomic E-state index is 4.35. The topological polar surface area (TPSA) is 0 Å². The molecule has 0 atom stereocenters. The van der Waals surface area contributed by atoms with Crippen molar-refractivity contribution in [3.63, 3.8) is 0 Å². The van der Waals surface area contributed by atoms with Gasteiger partial charge in [-0.25, -0.2) is 0 Å². The first-order chi connectivity index (χ1) is 5.37. The summed E-state index contributed by atoms with van der Waals surface area (Å²) in [6.07, 6.45) is 0. The van der Waals surface area contributed by atoms with Gasteiger partial charge in [-0.15, -0.1) is 0 Å². The van der Waals surface area contributed by atoms with Crippen molar-refractivity contribution < 1.29 is 21.1 Å². The second kappa shape index (κ2) is 7.53. The quantitative estimate of drug-likeness (QED) is 0.393. The molecule has 0 saturated heterocycles. The van der Waals surface area contributed by atoms with Gasteiger partial charge in [-0.1, -0.05) is 13.8 Å². The van der Waals surface area contributed by atoms with Crippen LogP contribution in [0.3, 0.4) is 0 Å². The Labute approximate surface area is 121 Å². The molecule has 0 nitrogen and oxygen atoms in total. The summed E-state index contributed by atoms with van der Waals surface area (Å²) in [6, 6.07) is 0. The Morgan fingerprint density at radius 3 is 0.875 bits per heavy atom. The molecule has 0 aliphatic carbocycles. The van der Waals surface area contributed by atoms with E-state index in [2.05, 4.69) is 62.3 Å². The molecule has 0 radical (unpaired) electrons. The van der Waals surface area contributed by atoms with E-state index in [0.29, 0.717) is 10.3 Å². The Balaban J connectivity index is -0.000000240. The van der Waals surface area contributed by atoms with Crippen molar-refractivity contribution in [1.82, 2.24) is 0 Å². The van der Waals surface area contributed by atoms with Gasteiger partial charge in [-0.05, 0) is 54.6 Å². The Kier molecular flexibility index (Phi) is 12.2. The van der Waals surface area contributed by atoms with Crippen molar-refractivity contribution in [2.75, 3.05) is 0 Å². The van der Waals surface area contributed by atoms with Crippen molar-refractivity contribution in [2.24, 2.45) is 0 Å². The molecule has 106 valence electrons. The van der Waals surface area contributed by atoms with Crippen LogP contribution in [-0.2, 0) is 21.1 Å². The summed E-state index contributed by atoms with van der Waals surface area (Å²) in [5.74, 6) is 0. The molecule has 0 fully saturated rings. The molecule has 0 bridgehead atoms. The predicted octanol–water partition coefficient (Wildman–Crippen LogP) is 5.31. The van der Waals surface area contributed by atoms with Crippen LogP contribution in [0.1, 0.15) is 55.4 Å². The molecule has 0 rings (SSSR count). The first kappa shape index (κ1) is 25.8. The minimum atomic E-state index is -0.502. The van der Waals surface area contributed by atoms with E-state index in [1.165, 1.54) is 0 Å². The maximum Gasteiger partial charge on any atom is 0.0677 e. The van der Waals surface area contributed by atoms with Crippen molar-refractivity contribution in [1.29, 1.82) is 0 Å². The van der Waals surface area contributed by atoms with Crippen LogP contribution in [0.2, 0.25) is 0 Å². The predicted molar refractivity (Wildman–Crippen MR) is 80.1 cm³/mol. The zero-order chi connectivity index (χ0) is 11.1. The molecule has 0 aliphatic heterocycles. The first-order valence-corrected chi connectivity index (χ1v) is 6.60. The smallest absolute Gasteiger partial charge is 0.0677 e. The SMILES string of the molecule is [CH2-]C(C)(C)[PH+](C(C)(C)C)C(C)(C)C.[CH3-].[CH3-].[Pt]. The minimum Gasteiger partial charge on any atom is -0.358 e. The van der Waals surface area contributed by atoms with Gasteiger partial charge in [0, 0.05) is 21.1 Å². The molecular weight excluding hydrogens is 394 g/mol. The zero-order valence-corrected chi connectivity index (χ0v) is 16.3. The third kappa shape index (κ3) is 8.24. The normalized spacial score (nSPS) is 12.4. The van der Waals surface area contributed by atoms with E-state index >= 15 is 0 Å². The van der Waals surface area contributed by atoms with E-state index in [0.717, 1.165) is 0 Å². The van der Waals surface area contributed by atoms with Gasteiger partial charge in [0.15, 0.2) is 0 Å². The van der Waals surface area contributed by atoms with E-state index in [-0.39, 0.29) is 41.1 Å². The van der Waals surface area contributed by atoms with Gasteiger partial charge in [-0.3, -0.25) is 0 Å². The second-order valence-corrected chi connectivity index (χ2v) is 11.9. The van der Waals surface area contributed by atoms with Gasteiger partial charge in [0.1, 0.15) is 0 Å². The summed E-state index contributed by atoms with van der Waals surface area (Å²) in [4.78, 5) is 0. The second-order valence-electron chi connectivity index (χ2n) is 6.76. The molecule has 0 saturated carbocycles. The maximum absolute atomic E-state index is 4.35. The minimum absolute atomic E-state index is 0. The molecule has 0 N–H and O–H groups in total. The van der Waals surface area contributed by atoms with Gasteiger partial charge >= 0.3 is 0 Å². The third-order valence-electron chi connectivity index (χ3n) is 2.18. The molecule has 16 heavy (non-hydrogen) atoms. The number of rotatable bonds is 1. The van der Waals surface area contributed by atoms with Crippen LogP contribution in [0.25, 0.3) is 0 Å². The van der Waals surface area contributed by atoms with E-state index in [1.54, 1.807) is 0 Å². The van der Waals surface area contributed by atoms with Crippen LogP contribution in [-0.4, -0.2) is 15.5 Å². The van der Waals surface area contributed by atoms with Crippen molar-refractivity contribution >= 4 is 7.92 Å². The van der Waals surface area contributed by atoms with E-state index in [9.17, 15) is 0 Å². The van der Waals surface area contributed by atoms with Crippen molar-refractivity contribution in [2.45, 2.75) is 70.9 Å². The van der Waals surface area contributed by atoms with Gasteiger partial charge in [0.05, 0.1) is 10.3 Å². The van der Waals surface area contributed by atoms with Crippen LogP contribution in [0, 0.1) is 21.8 Å². The first-order valence-electron chi connectivity index (χ1n) is 5.10. The molecular formula is C14H33PPt-2. The summed E-state index contributed by atoms with van der Waals surface area (Å²) in [5, 5.41) is 1.09. The number of hydrogen-bond acceptors (Lipinski definition) is 0. The number of hydrogen-bond donors (Lipinski definition) is 0. The average Bonchev–Trinajstić information content (AvgIpc) is 1.44. The Bertz CT molecular complexity index is 133. The van der Waals surface area contributed by atoms with Crippen LogP contribution < -0.4 is 0 Å². The molecule has 0 aromatic heterocycles. The average molecular weight is 427 g/mol. The third-order valence-corrected chi connectivity index (χ3v) is 6.53. The van der Waals surface area contributed by atoms with Crippen molar-refractivity contribution in [3.8, 4) is 0 Å². The fourth-order valence-corrected chi connectivity index (χ4v) is 9.47. The van der Waals surface area contributed by atoms with Crippen LogP contribution >= 0.6 is 7.92 Å². The molecule has 0 amide bonds. The molecule has 0 unspecified atom stereocenters. The van der Waals surface area contributed by atoms with Gasteiger partial charge < -0.3 is 21.8 Å². The summed E-state index contributed by atoms with van der Waals surface area (Å²) in [5.41, 5.74) is 0. The monoisotopic (exact) mass is 427 g/mol. The van der Waals surface area contributed by atoms with E-state index < -0.39 is 7.92 Å². The largest absolute Gasteiger partial charge is 0.358 e. The summed E-state index contributed by atoms with van der Waals surface area (Å²) in [7, 11) is -0.502. The van der Waals surface area contributed by atoms with Crippen LogP contribution in [0.4, 0.5) is 0 Å². The summed E-state index contributed by atoms with van der Waals surface area (Å²) < 4.78 is 0. The molecule has 0 spiro atoms. The van der Waals surface area contributed by atoms with E-state index in [1.807, 2.05) is 0 Å². The van der Waals surface area contributed by atoms with Gasteiger partial charge in [0.25, 0.3) is 0 Å². The fourth-order valence-electron chi connectivity index (χ4n) is 3.16. The molecule has 0 aromatic carbocycles. The standard InChI is InChI=1S/C12H26P.2CH3.Pt/c1-10(2,3)13(11(4,5)6)12(7,8)9;;;/h1H2,2-9H3;2*1H3;/q3*-1;/p+1. The van der Waals surface area contributed by atoms with Gasteiger partial charge in [-0.2, -0.15) is 0 Å². The van der Waals surface area contributed by atoms with E-state index in [4.69, 9.17) is 0 Å². The molecule has 0 heterocycles. The molecule has 2 heteroatoms.